The number of morpholine rings is 1. The zero-order valence-electron chi connectivity index (χ0n) is 25.8. The second-order valence-electron chi connectivity index (χ2n) is 11.6. The molecule has 12 nitrogen and oxygen atoms in total. The maximum Gasteiger partial charge on any atom is 0.269 e. The molecule has 15 heteroatoms. The monoisotopic (exact) mass is 699 g/mol. The summed E-state index contributed by atoms with van der Waals surface area (Å²) in [6, 6.07) is 13.0. The molecule has 0 radical (unpaired) electrons. The number of benzene rings is 2. The molecule has 2 saturated heterocycles. The summed E-state index contributed by atoms with van der Waals surface area (Å²) >= 11 is 12.2. The summed E-state index contributed by atoms with van der Waals surface area (Å²) in [7, 11) is -3.96. The number of likely N-dealkylation sites (tertiary alicyclic amines) is 1. The first-order valence-electron chi connectivity index (χ1n) is 15.3. The van der Waals surface area contributed by atoms with Crippen LogP contribution < -0.4 is 10.2 Å². The highest BCUT2D eigenvalue weighted by atomic mass is 35.5. The number of nitrogens with one attached hydrogen (secondary N) is 1. The van der Waals surface area contributed by atoms with Crippen LogP contribution in [-0.2, 0) is 24.3 Å². The number of nitrogens with zero attached hydrogens (tertiary/aromatic N) is 6. The number of halogens is 2. The smallest absolute Gasteiger partial charge is 0.269 e. The van der Waals surface area contributed by atoms with Gasteiger partial charge in [-0.3, -0.25) is 9.59 Å². The Kier molecular flexibility index (Phi) is 9.88. The van der Waals surface area contributed by atoms with Gasteiger partial charge in [0.2, 0.25) is 11.8 Å². The average molecular weight is 701 g/mol. The summed E-state index contributed by atoms with van der Waals surface area (Å²) in [6.07, 6.45) is 4.19. The zero-order valence-corrected chi connectivity index (χ0v) is 28.1. The molecule has 0 unspecified atom stereocenters. The molecule has 4 heterocycles. The lowest BCUT2D eigenvalue weighted by atomic mass is 10.0. The van der Waals surface area contributed by atoms with Crippen molar-refractivity contribution in [3.05, 3.63) is 76.7 Å². The second kappa shape index (κ2) is 14.1. The predicted molar refractivity (Wildman–Crippen MR) is 181 cm³/mol. The lowest BCUT2D eigenvalue weighted by Gasteiger charge is -2.41. The van der Waals surface area contributed by atoms with Gasteiger partial charge in [-0.15, -0.1) is 0 Å². The number of carbonyl (C=O) groups excluding carboxylic acids is 2. The number of hydrogen-bond acceptors (Lipinski definition) is 9. The molecule has 0 aliphatic carbocycles. The molecule has 1 N–H and O–H groups in total. The summed E-state index contributed by atoms with van der Waals surface area (Å²) in [5.74, 6) is 0.212. The number of carbonyl (C=O) groups is 2. The van der Waals surface area contributed by atoms with Gasteiger partial charge in [-0.2, -0.15) is 0 Å². The van der Waals surface area contributed by atoms with E-state index in [-0.39, 0.29) is 41.5 Å². The van der Waals surface area contributed by atoms with Gasteiger partial charge in [-0.25, -0.2) is 22.4 Å². The molecule has 4 aromatic rings. The van der Waals surface area contributed by atoms with E-state index in [1.807, 2.05) is 11.8 Å². The quantitative estimate of drug-likeness (QED) is 0.275. The van der Waals surface area contributed by atoms with Crippen LogP contribution in [0.1, 0.15) is 18.4 Å². The first kappa shape index (κ1) is 33.0. The van der Waals surface area contributed by atoms with Crippen LogP contribution in [0.25, 0.3) is 11.0 Å². The highest BCUT2D eigenvalue weighted by Gasteiger charge is 2.33. The fourth-order valence-corrected chi connectivity index (χ4v) is 7.81. The maximum atomic E-state index is 13.7. The summed E-state index contributed by atoms with van der Waals surface area (Å²) < 4.78 is 33.9. The van der Waals surface area contributed by atoms with E-state index in [4.69, 9.17) is 27.9 Å². The lowest BCUT2D eigenvalue weighted by Crippen LogP contribution is -2.54. The summed E-state index contributed by atoms with van der Waals surface area (Å²) in [4.78, 5) is 41.5. The summed E-state index contributed by atoms with van der Waals surface area (Å²) in [6.45, 7) is 4.70. The van der Waals surface area contributed by atoms with E-state index >= 15 is 0 Å². The maximum absolute atomic E-state index is 13.7. The van der Waals surface area contributed by atoms with Crippen LogP contribution in [0.2, 0.25) is 10.0 Å². The van der Waals surface area contributed by atoms with E-state index < -0.39 is 10.0 Å². The van der Waals surface area contributed by atoms with Gasteiger partial charge in [0.05, 0.1) is 36.6 Å². The van der Waals surface area contributed by atoms with Crippen LogP contribution in [0, 0.1) is 6.92 Å². The molecule has 6 rings (SSSR count). The highest BCUT2D eigenvalue weighted by molar-refractivity contribution is 7.90. The standard InChI is InChI=1S/C32H35Cl2N7O5S/c1-22-4-6-27(7-5-22)47(44,45)41-10-8-28-31(36-21-37-32(28)41)40(20-30(43)38-11-13-46-14-12-38)26-3-2-9-39(19-26)29(42)18-35-25-16-23(33)15-24(34)17-25/h4-8,10,15-17,21,26,35H,2-3,9,11-14,18-20H2,1H3/t26-/m1/s1. The van der Waals surface area contributed by atoms with Crippen molar-refractivity contribution in [3.63, 3.8) is 0 Å². The topological polar surface area (TPSA) is 130 Å². The molecule has 0 bridgehead atoms. The molecule has 1 atom stereocenters. The number of piperidine rings is 1. The van der Waals surface area contributed by atoms with Crippen molar-refractivity contribution in [3.8, 4) is 0 Å². The third-order valence-corrected chi connectivity index (χ3v) is 10.6. The number of ether oxygens (including phenoxy) is 1. The average Bonchev–Trinajstić information content (AvgIpc) is 3.52. The molecular formula is C32H35Cl2N7O5S. The number of hydrogen-bond donors (Lipinski definition) is 1. The Balaban J connectivity index is 1.29. The minimum Gasteiger partial charge on any atom is -0.378 e. The van der Waals surface area contributed by atoms with E-state index in [1.54, 1.807) is 58.3 Å². The van der Waals surface area contributed by atoms with Crippen molar-refractivity contribution in [2.24, 2.45) is 0 Å². The molecule has 2 aliphatic heterocycles. The third kappa shape index (κ3) is 7.33. The van der Waals surface area contributed by atoms with Crippen molar-refractivity contribution in [1.82, 2.24) is 23.7 Å². The first-order chi connectivity index (χ1) is 22.6. The van der Waals surface area contributed by atoms with Crippen molar-refractivity contribution in [1.29, 1.82) is 0 Å². The number of anilines is 2. The summed E-state index contributed by atoms with van der Waals surface area (Å²) in [5.41, 5.74) is 1.78. The largest absolute Gasteiger partial charge is 0.378 e. The summed E-state index contributed by atoms with van der Waals surface area (Å²) in [5, 5.41) is 4.51. The number of aromatic nitrogens is 3. The number of aryl methyl sites for hydroxylation is 1. The zero-order chi connectivity index (χ0) is 33.1. The minimum absolute atomic E-state index is 0.00599. The van der Waals surface area contributed by atoms with Gasteiger partial charge >= 0.3 is 0 Å². The molecule has 0 saturated carbocycles. The van der Waals surface area contributed by atoms with Crippen LogP contribution in [0.5, 0.6) is 0 Å². The normalized spacial score (nSPS) is 17.1. The van der Waals surface area contributed by atoms with Crippen LogP contribution in [0.4, 0.5) is 11.5 Å². The Labute approximate surface area is 283 Å². The van der Waals surface area contributed by atoms with E-state index in [0.717, 1.165) is 9.54 Å². The van der Waals surface area contributed by atoms with Crippen LogP contribution in [0.15, 0.2) is 66.0 Å². The van der Waals surface area contributed by atoms with Gasteiger partial charge in [-0.05, 0) is 56.2 Å². The number of amides is 2. The van der Waals surface area contributed by atoms with Gasteiger partial charge in [0.1, 0.15) is 12.1 Å². The number of rotatable bonds is 9. The molecule has 2 aromatic heterocycles. The molecule has 248 valence electrons. The molecule has 2 amide bonds. The first-order valence-corrected chi connectivity index (χ1v) is 17.5. The Morgan fingerprint density at radius 3 is 2.43 bits per heavy atom. The van der Waals surface area contributed by atoms with Crippen LogP contribution in [-0.4, -0.2) is 102 Å². The lowest BCUT2D eigenvalue weighted by molar-refractivity contribution is -0.133. The molecular weight excluding hydrogens is 665 g/mol. The SMILES string of the molecule is Cc1ccc(S(=O)(=O)n2ccc3c(N(CC(=O)N4CCOCC4)[C@@H]4CCCN(C(=O)CNc5cc(Cl)cc(Cl)c5)C4)ncnc32)cc1. The molecule has 2 fully saturated rings. The van der Waals surface area contributed by atoms with Gasteiger partial charge in [-0.1, -0.05) is 40.9 Å². The van der Waals surface area contributed by atoms with E-state index in [2.05, 4.69) is 15.3 Å². The Morgan fingerprint density at radius 1 is 0.979 bits per heavy atom. The highest BCUT2D eigenvalue weighted by Crippen LogP contribution is 2.31. The van der Waals surface area contributed by atoms with Gasteiger partial charge < -0.3 is 24.8 Å². The van der Waals surface area contributed by atoms with E-state index in [0.29, 0.717) is 79.2 Å². The Bertz CT molecular complexity index is 1860. The second-order valence-corrected chi connectivity index (χ2v) is 14.3. The van der Waals surface area contributed by atoms with Crippen molar-refractivity contribution < 1.29 is 22.7 Å². The van der Waals surface area contributed by atoms with Crippen molar-refractivity contribution in [2.75, 3.05) is 62.7 Å². The van der Waals surface area contributed by atoms with E-state index in [1.165, 1.54) is 12.5 Å². The van der Waals surface area contributed by atoms with Crippen LogP contribution in [0.3, 0.4) is 0 Å². The number of fused-ring (bicyclic) bond motifs is 1. The van der Waals surface area contributed by atoms with Gasteiger partial charge in [0.15, 0.2) is 5.65 Å². The molecule has 2 aliphatic rings. The van der Waals surface area contributed by atoms with Gasteiger partial charge in [0.25, 0.3) is 10.0 Å². The predicted octanol–water partition coefficient (Wildman–Crippen LogP) is 4.05. The molecule has 0 spiro atoms. The molecule has 2 aromatic carbocycles. The minimum atomic E-state index is -3.96. The Hall–Kier alpha value is -3.91. The van der Waals surface area contributed by atoms with E-state index in [9.17, 15) is 18.0 Å². The fourth-order valence-electron chi connectivity index (χ4n) is 5.98. The fraction of sp³-hybridized carbons (Fsp3) is 0.375. The van der Waals surface area contributed by atoms with Crippen molar-refractivity contribution in [2.45, 2.75) is 30.7 Å². The third-order valence-electron chi connectivity index (χ3n) is 8.44. The van der Waals surface area contributed by atoms with Gasteiger partial charge in [0, 0.05) is 54.2 Å². The molecule has 47 heavy (non-hydrogen) atoms. The van der Waals surface area contributed by atoms with Crippen molar-refractivity contribution >= 4 is 67.6 Å². The Morgan fingerprint density at radius 2 is 1.70 bits per heavy atom. The van der Waals surface area contributed by atoms with Crippen LogP contribution >= 0.6 is 23.2 Å².